The van der Waals surface area contributed by atoms with E-state index in [0.717, 1.165) is 12.3 Å². The van der Waals surface area contributed by atoms with E-state index in [1.54, 1.807) is 0 Å². The monoisotopic (exact) mass is 263 g/mol. The Bertz CT molecular complexity index is 339. The van der Waals surface area contributed by atoms with Crippen molar-refractivity contribution < 1.29 is 0 Å². The second kappa shape index (κ2) is 5.19. The Balaban J connectivity index is 2.69. The molecule has 0 aromatic rings. The molecule has 0 unspecified atom stereocenters. The van der Waals surface area contributed by atoms with Crippen LogP contribution in [0.3, 0.4) is 0 Å². The number of hydrogen-bond acceptors (Lipinski definition) is 3. The molecule has 0 saturated heterocycles. The maximum atomic E-state index is 5.52. The summed E-state index contributed by atoms with van der Waals surface area (Å²) in [6.45, 7) is 7.62. The van der Waals surface area contributed by atoms with Gasteiger partial charge in [0.25, 0.3) is 0 Å². The molecule has 0 fully saturated rings. The molecule has 0 spiro atoms. The van der Waals surface area contributed by atoms with Gasteiger partial charge in [0.05, 0.1) is 5.04 Å². The normalized spacial score (nSPS) is 20.3. The van der Waals surface area contributed by atoms with Crippen molar-refractivity contribution in [2.75, 3.05) is 12.3 Å². The lowest BCUT2D eigenvalue weighted by Crippen LogP contribution is -2.28. The standard InChI is InChI=1S/C11H21NS3/c1-4-5-6-7-11(2,3)10-12-8-9-15(10,13)14/h4-9H2,1-3H3. The van der Waals surface area contributed by atoms with E-state index in [1.165, 1.54) is 30.7 Å². The summed E-state index contributed by atoms with van der Waals surface area (Å²) in [5.74, 6) is 0.949. The number of nitrogens with zero attached hydrogens (tertiary/aromatic N) is 1. The number of rotatable bonds is 5. The molecule has 0 amide bonds. The second-order valence-corrected chi connectivity index (χ2v) is 10.9. The lowest BCUT2D eigenvalue weighted by atomic mass is 9.88. The Kier molecular flexibility index (Phi) is 4.68. The molecule has 0 aromatic carbocycles. The van der Waals surface area contributed by atoms with Crippen LogP contribution < -0.4 is 0 Å². The highest BCUT2D eigenvalue weighted by atomic mass is 33.1. The van der Waals surface area contributed by atoms with Crippen molar-refractivity contribution in [2.24, 2.45) is 10.4 Å². The Morgan fingerprint density at radius 3 is 2.47 bits per heavy atom. The predicted molar refractivity (Wildman–Crippen MR) is 77.2 cm³/mol. The summed E-state index contributed by atoms with van der Waals surface area (Å²) in [7, 11) is -1.37. The molecule has 0 aliphatic carbocycles. The minimum atomic E-state index is -1.37. The molecule has 1 heterocycles. The maximum Gasteiger partial charge on any atom is 0.0814 e. The first-order valence-corrected chi connectivity index (χ1v) is 9.33. The summed E-state index contributed by atoms with van der Waals surface area (Å²) in [5.41, 5.74) is 0.143. The highest BCUT2D eigenvalue weighted by molar-refractivity contribution is 8.63. The van der Waals surface area contributed by atoms with E-state index in [0.29, 0.717) is 0 Å². The summed E-state index contributed by atoms with van der Waals surface area (Å²) < 4.78 is 0. The van der Waals surface area contributed by atoms with Gasteiger partial charge in [-0.2, -0.15) is 0 Å². The molecule has 0 atom stereocenters. The van der Waals surface area contributed by atoms with E-state index in [1.807, 2.05) is 0 Å². The molecule has 1 rings (SSSR count). The Morgan fingerprint density at radius 2 is 2.00 bits per heavy atom. The lowest BCUT2D eigenvalue weighted by Gasteiger charge is -2.26. The molecule has 0 aromatic heterocycles. The van der Waals surface area contributed by atoms with Crippen LogP contribution in [-0.4, -0.2) is 17.3 Å². The minimum absolute atomic E-state index is 0.143. The van der Waals surface area contributed by atoms with E-state index in [4.69, 9.17) is 22.4 Å². The Morgan fingerprint density at radius 1 is 1.33 bits per heavy atom. The van der Waals surface area contributed by atoms with Crippen molar-refractivity contribution in [2.45, 2.75) is 46.5 Å². The second-order valence-electron chi connectivity index (χ2n) is 4.85. The van der Waals surface area contributed by atoms with E-state index >= 15 is 0 Å². The molecule has 15 heavy (non-hydrogen) atoms. The minimum Gasteiger partial charge on any atom is -0.281 e. The van der Waals surface area contributed by atoms with Crippen LogP contribution in [0.4, 0.5) is 0 Å². The first-order chi connectivity index (χ1) is 6.90. The molecule has 0 bridgehead atoms. The summed E-state index contributed by atoms with van der Waals surface area (Å²) in [4.78, 5) is 4.58. The van der Waals surface area contributed by atoms with Gasteiger partial charge in [0.15, 0.2) is 0 Å². The van der Waals surface area contributed by atoms with Crippen LogP contribution in [0.5, 0.6) is 0 Å². The first kappa shape index (κ1) is 13.5. The van der Waals surface area contributed by atoms with Crippen LogP contribution in [0.1, 0.15) is 46.5 Å². The van der Waals surface area contributed by atoms with Gasteiger partial charge in [0.1, 0.15) is 0 Å². The van der Waals surface area contributed by atoms with Crippen LogP contribution in [0.25, 0.3) is 0 Å². The topological polar surface area (TPSA) is 12.4 Å². The van der Waals surface area contributed by atoms with Gasteiger partial charge in [-0.3, -0.25) is 4.99 Å². The van der Waals surface area contributed by atoms with E-state index < -0.39 is 7.15 Å². The zero-order valence-corrected chi connectivity index (χ0v) is 12.4. The number of aliphatic imine (C=N–C) groups is 1. The van der Waals surface area contributed by atoms with Crippen LogP contribution in [-0.2, 0) is 29.5 Å². The first-order valence-electron chi connectivity index (χ1n) is 5.68. The predicted octanol–water partition coefficient (Wildman–Crippen LogP) is 3.08. The van der Waals surface area contributed by atoms with Crippen molar-refractivity contribution in [1.82, 2.24) is 0 Å². The Labute approximate surface area is 104 Å². The van der Waals surface area contributed by atoms with Crippen LogP contribution in [0.2, 0.25) is 0 Å². The van der Waals surface area contributed by atoms with Gasteiger partial charge in [0, 0.05) is 17.7 Å². The van der Waals surface area contributed by atoms with Crippen molar-refractivity contribution in [3.8, 4) is 0 Å². The van der Waals surface area contributed by atoms with Gasteiger partial charge in [0.2, 0.25) is 0 Å². The quantitative estimate of drug-likeness (QED) is 0.707. The third kappa shape index (κ3) is 3.46. The fourth-order valence-corrected chi connectivity index (χ4v) is 5.90. The fourth-order valence-electron chi connectivity index (χ4n) is 2.02. The molecule has 0 radical (unpaired) electrons. The molecule has 0 saturated carbocycles. The summed E-state index contributed by atoms with van der Waals surface area (Å²) in [6, 6.07) is 0. The third-order valence-electron chi connectivity index (χ3n) is 2.89. The van der Waals surface area contributed by atoms with Crippen molar-refractivity contribution in [3.05, 3.63) is 0 Å². The maximum absolute atomic E-state index is 5.52. The molecular formula is C11H21NS3. The average molecular weight is 263 g/mol. The zero-order valence-electron chi connectivity index (χ0n) is 9.91. The SMILES string of the molecule is CCCCCC(C)(C)C1=NCCS1(=S)=S. The third-order valence-corrected chi connectivity index (χ3v) is 6.83. The van der Waals surface area contributed by atoms with Gasteiger partial charge in [-0.05, 0) is 35.9 Å². The van der Waals surface area contributed by atoms with Gasteiger partial charge in [-0.1, -0.05) is 40.0 Å². The summed E-state index contributed by atoms with van der Waals surface area (Å²) in [5, 5.41) is 1.18. The van der Waals surface area contributed by atoms with Crippen LogP contribution >= 0.6 is 0 Å². The Hall–Kier alpha value is 0.460. The average Bonchev–Trinajstić information content (AvgIpc) is 2.46. The van der Waals surface area contributed by atoms with E-state index in [2.05, 4.69) is 25.8 Å². The van der Waals surface area contributed by atoms with Gasteiger partial charge < -0.3 is 0 Å². The van der Waals surface area contributed by atoms with Gasteiger partial charge >= 0.3 is 0 Å². The van der Waals surface area contributed by atoms with Crippen molar-refractivity contribution in [1.29, 1.82) is 0 Å². The molecule has 1 aliphatic rings. The van der Waals surface area contributed by atoms with E-state index in [9.17, 15) is 0 Å². The van der Waals surface area contributed by atoms with Gasteiger partial charge in [-0.15, -0.1) is 0 Å². The lowest BCUT2D eigenvalue weighted by molar-refractivity contribution is 0.451. The highest BCUT2D eigenvalue weighted by Gasteiger charge is 2.32. The molecule has 4 heteroatoms. The molecule has 0 N–H and O–H groups in total. The van der Waals surface area contributed by atoms with Crippen LogP contribution in [0, 0.1) is 5.41 Å². The van der Waals surface area contributed by atoms with Crippen molar-refractivity contribution in [3.63, 3.8) is 0 Å². The summed E-state index contributed by atoms with van der Waals surface area (Å²) in [6.07, 6.45) is 5.01. The molecule has 88 valence electrons. The highest BCUT2D eigenvalue weighted by Crippen LogP contribution is 2.31. The molecule has 1 nitrogen and oxygen atoms in total. The van der Waals surface area contributed by atoms with Crippen molar-refractivity contribution >= 4 is 34.6 Å². The summed E-state index contributed by atoms with van der Waals surface area (Å²) >= 11 is 11.0. The number of unbranched alkanes of at least 4 members (excludes halogenated alkanes) is 2. The van der Waals surface area contributed by atoms with E-state index in [-0.39, 0.29) is 5.41 Å². The number of hydrogen-bond donors (Lipinski definition) is 0. The van der Waals surface area contributed by atoms with Gasteiger partial charge in [-0.25, -0.2) is 0 Å². The largest absolute Gasteiger partial charge is 0.281 e. The zero-order chi connectivity index (χ0) is 11.5. The molecule has 1 aliphatic heterocycles. The molecular weight excluding hydrogens is 242 g/mol. The van der Waals surface area contributed by atoms with Crippen LogP contribution in [0.15, 0.2) is 4.99 Å². The smallest absolute Gasteiger partial charge is 0.0814 e. The fraction of sp³-hybridized carbons (Fsp3) is 0.909.